The van der Waals surface area contributed by atoms with Gasteiger partial charge in [0.1, 0.15) is 6.61 Å². The number of esters is 1. The molecule has 76 valence electrons. The molecule has 0 rings (SSSR count). The average Bonchev–Trinajstić information content (AvgIpc) is 2.00. The van der Waals surface area contributed by atoms with E-state index in [1.807, 2.05) is 0 Å². The largest absolute Gasteiger partial charge is 0.463 e. The number of nitrogens with one attached hydrogen (secondary N) is 1. The molecular weight excluding hydrogens is 172 g/mol. The first-order valence-corrected chi connectivity index (χ1v) is 4.02. The third-order valence-electron chi connectivity index (χ3n) is 1.30. The summed E-state index contributed by atoms with van der Waals surface area (Å²) >= 11 is 0. The Morgan fingerprint density at radius 2 is 2.00 bits per heavy atom. The van der Waals surface area contributed by atoms with Gasteiger partial charge in [0, 0.05) is 6.92 Å². The zero-order valence-corrected chi connectivity index (χ0v) is 8.22. The summed E-state index contributed by atoms with van der Waals surface area (Å²) in [5, 5.41) is 2.62. The third-order valence-corrected chi connectivity index (χ3v) is 1.30. The molecule has 1 amide bonds. The second-order valence-corrected chi connectivity index (χ2v) is 3.42. The van der Waals surface area contributed by atoms with E-state index < -0.39 is 5.54 Å². The molecule has 0 heterocycles. The van der Waals surface area contributed by atoms with Gasteiger partial charge in [0.2, 0.25) is 5.91 Å². The number of hydrogen-bond acceptors (Lipinski definition) is 4. The number of carbonyl (C=O) groups excluding carboxylic acids is 2. The van der Waals surface area contributed by atoms with Crippen molar-refractivity contribution in [3.8, 4) is 0 Å². The standard InChI is InChI=1S/C8H16N2O3/c1-6(11)13-5-8(2,3)10-7(12)4-9/h4-5,9H2,1-3H3,(H,10,12). The van der Waals surface area contributed by atoms with Gasteiger partial charge in [-0.1, -0.05) is 0 Å². The van der Waals surface area contributed by atoms with E-state index in [4.69, 9.17) is 10.5 Å². The SMILES string of the molecule is CC(=O)OCC(C)(C)NC(=O)CN. The van der Waals surface area contributed by atoms with Crippen LogP contribution in [0.1, 0.15) is 20.8 Å². The molecule has 0 saturated heterocycles. The van der Waals surface area contributed by atoms with Crippen LogP contribution in [0.3, 0.4) is 0 Å². The molecule has 5 heteroatoms. The lowest BCUT2D eigenvalue weighted by Crippen LogP contribution is -2.49. The highest BCUT2D eigenvalue weighted by Gasteiger charge is 2.20. The van der Waals surface area contributed by atoms with Crippen LogP contribution >= 0.6 is 0 Å². The quantitative estimate of drug-likeness (QED) is 0.577. The molecule has 0 fully saturated rings. The summed E-state index contributed by atoms with van der Waals surface area (Å²) < 4.78 is 4.76. The molecule has 0 radical (unpaired) electrons. The first-order valence-electron chi connectivity index (χ1n) is 4.02. The fourth-order valence-electron chi connectivity index (χ4n) is 0.747. The number of carbonyl (C=O) groups is 2. The van der Waals surface area contributed by atoms with Crippen LogP contribution in [0.2, 0.25) is 0 Å². The van der Waals surface area contributed by atoms with Crippen molar-refractivity contribution in [2.45, 2.75) is 26.3 Å². The summed E-state index contributed by atoms with van der Waals surface area (Å²) in [5.41, 5.74) is 4.55. The van der Waals surface area contributed by atoms with Gasteiger partial charge in [-0.05, 0) is 13.8 Å². The highest BCUT2D eigenvalue weighted by molar-refractivity contribution is 5.78. The van der Waals surface area contributed by atoms with Gasteiger partial charge in [-0.2, -0.15) is 0 Å². The van der Waals surface area contributed by atoms with Crippen LogP contribution in [0.25, 0.3) is 0 Å². The highest BCUT2D eigenvalue weighted by Crippen LogP contribution is 2.02. The zero-order valence-electron chi connectivity index (χ0n) is 8.22. The first-order chi connectivity index (χ1) is 5.87. The van der Waals surface area contributed by atoms with Crippen molar-refractivity contribution in [1.29, 1.82) is 0 Å². The predicted octanol–water partition coefficient (Wildman–Crippen LogP) is -0.597. The Bertz CT molecular complexity index is 202. The molecule has 5 nitrogen and oxygen atoms in total. The molecule has 0 aliphatic rings. The van der Waals surface area contributed by atoms with Crippen molar-refractivity contribution in [2.24, 2.45) is 5.73 Å². The predicted molar refractivity (Wildman–Crippen MR) is 47.9 cm³/mol. The minimum atomic E-state index is -0.567. The Kier molecular flexibility index (Phi) is 4.40. The molecule has 0 bridgehead atoms. The van der Waals surface area contributed by atoms with E-state index >= 15 is 0 Å². The van der Waals surface area contributed by atoms with Crippen molar-refractivity contribution in [3.63, 3.8) is 0 Å². The zero-order chi connectivity index (χ0) is 10.5. The minimum Gasteiger partial charge on any atom is -0.463 e. The summed E-state index contributed by atoms with van der Waals surface area (Å²) in [6.45, 7) is 4.91. The monoisotopic (exact) mass is 188 g/mol. The Labute approximate surface area is 77.6 Å². The molecule has 0 aromatic heterocycles. The fraction of sp³-hybridized carbons (Fsp3) is 0.750. The summed E-state index contributed by atoms with van der Waals surface area (Å²) in [6, 6.07) is 0. The van der Waals surface area contributed by atoms with Crippen molar-refractivity contribution >= 4 is 11.9 Å². The average molecular weight is 188 g/mol. The van der Waals surface area contributed by atoms with Crippen LogP contribution in [0, 0.1) is 0 Å². The van der Waals surface area contributed by atoms with Gasteiger partial charge < -0.3 is 15.8 Å². The van der Waals surface area contributed by atoms with Gasteiger partial charge >= 0.3 is 5.97 Å². The summed E-state index contributed by atoms with van der Waals surface area (Å²) in [5.74, 6) is -0.632. The Morgan fingerprint density at radius 3 is 2.38 bits per heavy atom. The number of ether oxygens (including phenoxy) is 1. The second-order valence-electron chi connectivity index (χ2n) is 3.42. The number of nitrogens with two attached hydrogens (primary N) is 1. The molecule has 0 spiro atoms. The Morgan fingerprint density at radius 1 is 1.46 bits per heavy atom. The smallest absolute Gasteiger partial charge is 0.302 e. The molecule has 0 saturated carbocycles. The topological polar surface area (TPSA) is 81.4 Å². The van der Waals surface area contributed by atoms with Crippen LogP contribution in [0.15, 0.2) is 0 Å². The molecule has 0 aliphatic heterocycles. The summed E-state index contributed by atoms with van der Waals surface area (Å²) in [6.07, 6.45) is 0. The van der Waals surface area contributed by atoms with Gasteiger partial charge in [0.05, 0.1) is 12.1 Å². The molecule has 0 atom stereocenters. The molecular formula is C8H16N2O3. The Hall–Kier alpha value is -1.10. The maximum atomic E-state index is 10.9. The van der Waals surface area contributed by atoms with E-state index in [0.717, 1.165) is 0 Å². The van der Waals surface area contributed by atoms with E-state index in [9.17, 15) is 9.59 Å². The van der Waals surface area contributed by atoms with Crippen LogP contribution in [-0.2, 0) is 14.3 Å². The van der Waals surface area contributed by atoms with Crippen LogP contribution in [0.5, 0.6) is 0 Å². The van der Waals surface area contributed by atoms with Crippen molar-refractivity contribution < 1.29 is 14.3 Å². The van der Waals surface area contributed by atoms with Gasteiger partial charge in [0.15, 0.2) is 0 Å². The van der Waals surface area contributed by atoms with Crippen LogP contribution in [0.4, 0.5) is 0 Å². The van der Waals surface area contributed by atoms with E-state index in [-0.39, 0.29) is 25.0 Å². The van der Waals surface area contributed by atoms with Crippen molar-refractivity contribution in [3.05, 3.63) is 0 Å². The normalized spacial score (nSPS) is 10.8. The summed E-state index contributed by atoms with van der Waals surface area (Å²) in [4.78, 5) is 21.4. The molecule has 0 aromatic rings. The van der Waals surface area contributed by atoms with Gasteiger partial charge in [0.25, 0.3) is 0 Å². The maximum absolute atomic E-state index is 10.9. The lowest BCUT2D eigenvalue weighted by Gasteiger charge is -2.25. The van der Waals surface area contributed by atoms with E-state index in [0.29, 0.717) is 0 Å². The molecule has 0 unspecified atom stereocenters. The highest BCUT2D eigenvalue weighted by atomic mass is 16.5. The lowest BCUT2D eigenvalue weighted by molar-refractivity contribution is -0.143. The van der Waals surface area contributed by atoms with Crippen molar-refractivity contribution in [1.82, 2.24) is 5.32 Å². The number of hydrogen-bond donors (Lipinski definition) is 2. The van der Waals surface area contributed by atoms with Gasteiger partial charge in [-0.25, -0.2) is 0 Å². The van der Waals surface area contributed by atoms with E-state index in [1.165, 1.54) is 6.92 Å². The molecule has 0 aromatic carbocycles. The Balaban J connectivity index is 3.92. The maximum Gasteiger partial charge on any atom is 0.302 e. The van der Waals surface area contributed by atoms with E-state index in [2.05, 4.69) is 5.32 Å². The van der Waals surface area contributed by atoms with Crippen LogP contribution in [-0.4, -0.2) is 30.6 Å². The van der Waals surface area contributed by atoms with E-state index in [1.54, 1.807) is 13.8 Å². The van der Waals surface area contributed by atoms with Gasteiger partial charge in [-0.3, -0.25) is 9.59 Å². The third kappa shape index (κ3) is 6.10. The van der Waals surface area contributed by atoms with Crippen molar-refractivity contribution in [2.75, 3.05) is 13.2 Å². The fourth-order valence-corrected chi connectivity index (χ4v) is 0.747. The summed E-state index contributed by atoms with van der Waals surface area (Å²) in [7, 11) is 0. The second kappa shape index (κ2) is 4.81. The van der Waals surface area contributed by atoms with Gasteiger partial charge in [-0.15, -0.1) is 0 Å². The van der Waals surface area contributed by atoms with Crippen LogP contribution < -0.4 is 11.1 Å². The molecule has 13 heavy (non-hydrogen) atoms. The number of amides is 1. The minimum absolute atomic E-state index is 0.0660. The molecule has 3 N–H and O–H groups in total. The first kappa shape index (κ1) is 11.9. The number of rotatable bonds is 4. The molecule has 0 aliphatic carbocycles. The lowest BCUT2D eigenvalue weighted by atomic mass is 10.1.